The molecule has 1 heterocycles. The van der Waals surface area contributed by atoms with Crippen molar-refractivity contribution in [3.63, 3.8) is 0 Å². The Morgan fingerprint density at radius 1 is 0.722 bits per heavy atom. The first-order valence-electron chi connectivity index (χ1n) is 11.5. The number of benzene rings is 3. The lowest BCUT2D eigenvalue weighted by molar-refractivity contribution is 0.0698. The van der Waals surface area contributed by atoms with Crippen molar-refractivity contribution in [2.45, 2.75) is 30.6 Å². The molecule has 1 amide bonds. The van der Waals surface area contributed by atoms with Crippen molar-refractivity contribution in [2.24, 2.45) is 0 Å². The molecule has 0 unspecified atom stereocenters. The summed E-state index contributed by atoms with van der Waals surface area (Å²) in [6.07, 6.45) is 0. The molecule has 1 fully saturated rings. The molecule has 0 bridgehead atoms. The molecule has 8 nitrogen and oxygen atoms in total. The molecule has 190 valence electrons. The zero-order valence-corrected chi connectivity index (χ0v) is 22.1. The van der Waals surface area contributed by atoms with Gasteiger partial charge >= 0.3 is 0 Å². The number of carbonyl (C=O) groups excluding carboxylic acids is 1. The Balaban J connectivity index is 1.47. The normalized spacial score (nSPS) is 15.0. The maximum absolute atomic E-state index is 13.2. The highest BCUT2D eigenvalue weighted by molar-refractivity contribution is 7.92. The molecule has 3 aromatic carbocycles. The van der Waals surface area contributed by atoms with Gasteiger partial charge in [0, 0.05) is 31.7 Å². The van der Waals surface area contributed by atoms with E-state index in [2.05, 4.69) is 4.72 Å². The van der Waals surface area contributed by atoms with Crippen molar-refractivity contribution in [1.29, 1.82) is 0 Å². The standard InChI is InChI=1S/C26H29N3O5S2/c1-19-4-10-23(11-5-19)35(31,32)27-25-18-22(9-8-21(25)3)26(30)28-14-16-29(17-15-28)36(33,34)24-12-6-20(2)7-13-24/h4-13,18,27H,14-17H2,1-3H3. The maximum Gasteiger partial charge on any atom is 0.261 e. The Hall–Kier alpha value is -3.21. The predicted octanol–water partition coefficient (Wildman–Crippen LogP) is 3.56. The molecule has 0 aromatic heterocycles. The summed E-state index contributed by atoms with van der Waals surface area (Å²) >= 11 is 0. The summed E-state index contributed by atoms with van der Waals surface area (Å²) in [5, 5.41) is 0. The number of carbonyl (C=O) groups is 1. The first-order chi connectivity index (χ1) is 17.0. The number of piperazine rings is 1. The van der Waals surface area contributed by atoms with Crippen LogP contribution in [0.3, 0.4) is 0 Å². The van der Waals surface area contributed by atoms with Crippen LogP contribution in [0, 0.1) is 20.8 Å². The molecule has 1 saturated heterocycles. The number of sulfonamides is 2. The fraction of sp³-hybridized carbons (Fsp3) is 0.269. The van der Waals surface area contributed by atoms with Gasteiger partial charge in [0.05, 0.1) is 15.5 Å². The number of hydrogen-bond acceptors (Lipinski definition) is 5. The average molecular weight is 528 g/mol. The van der Waals surface area contributed by atoms with Gasteiger partial charge in [0.2, 0.25) is 10.0 Å². The summed E-state index contributed by atoms with van der Waals surface area (Å²) in [5.41, 5.74) is 3.25. The smallest absolute Gasteiger partial charge is 0.261 e. The van der Waals surface area contributed by atoms with Gasteiger partial charge in [-0.2, -0.15) is 4.31 Å². The van der Waals surface area contributed by atoms with E-state index in [1.54, 1.807) is 60.4 Å². The Bertz CT molecular complexity index is 1480. The highest BCUT2D eigenvalue weighted by Crippen LogP contribution is 2.24. The lowest BCUT2D eigenvalue weighted by atomic mass is 10.1. The van der Waals surface area contributed by atoms with Gasteiger partial charge in [0.15, 0.2) is 0 Å². The zero-order chi connectivity index (χ0) is 26.1. The Morgan fingerprint density at radius 2 is 1.25 bits per heavy atom. The molecule has 0 saturated carbocycles. The number of rotatable bonds is 6. The molecule has 1 aliphatic rings. The number of anilines is 1. The van der Waals surface area contributed by atoms with Gasteiger partial charge in [-0.3, -0.25) is 9.52 Å². The summed E-state index contributed by atoms with van der Waals surface area (Å²) in [4.78, 5) is 15.1. The van der Waals surface area contributed by atoms with E-state index in [1.807, 2.05) is 13.8 Å². The highest BCUT2D eigenvalue weighted by Gasteiger charge is 2.30. The van der Waals surface area contributed by atoms with E-state index in [0.717, 1.165) is 11.1 Å². The van der Waals surface area contributed by atoms with Crippen molar-refractivity contribution >= 4 is 31.6 Å². The molecular formula is C26H29N3O5S2. The molecule has 10 heteroatoms. The summed E-state index contributed by atoms with van der Waals surface area (Å²) in [5.74, 6) is -0.279. The third-order valence-electron chi connectivity index (χ3n) is 6.24. The second-order valence-corrected chi connectivity index (χ2v) is 12.6. The fourth-order valence-corrected chi connectivity index (χ4v) is 6.50. The summed E-state index contributed by atoms with van der Waals surface area (Å²) < 4.78 is 55.6. The van der Waals surface area contributed by atoms with Gasteiger partial charge in [-0.05, 0) is 62.7 Å². The minimum Gasteiger partial charge on any atom is -0.336 e. The molecule has 0 aliphatic carbocycles. The molecule has 4 rings (SSSR count). The lowest BCUT2D eigenvalue weighted by Gasteiger charge is -2.34. The van der Waals surface area contributed by atoms with E-state index in [-0.39, 0.29) is 41.9 Å². The topological polar surface area (TPSA) is 104 Å². The van der Waals surface area contributed by atoms with E-state index in [0.29, 0.717) is 16.8 Å². The average Bonchev–Trinajstić information content (AvgIpc) is 2.85. The summed E-state index contributed by atoms with van der Waals surface area (Å²) in [6, 6.07) is 18.1. The van der Waals surface area contributed by atoms with Crippen LogP contribution in [-0.4, -0.2) is 58.1 Å². The van der Waals surface area contributed by atoms with E-state index < -0.39 is 20.0 Å². The van der Waals surface area contributed by atoms with E-state index in [1.165, 1.54) is 22.5 Å². The maximum atomic E-state index is 13.2. The minimum atomic E-state index is -3.82. The van der Waals surface area contributed by atoms with Gasteiger partial charge in [-0.1, -0.05) is 41.5 Å². The molecule has 1 aliphatic heterocycles. The van der Waals surface area contributed by atoms with Crippen molar-refractivity contribution in [3.8, 4) is 0 Å². The van der Waals surface area contributed by atoms with Gasteiger partial charge in [-0.15, -0.1) is 0 Å². The van der Waals surface area contributed by atoms with Crippen molar-refractivity contribution < 1.29 is 21.6 Å². The second-order valence-electron chi connectivity index (χ2n) is 8.96. The van der Waals surface area contributed by atoms with Crippen molar-refractivity contribution in [1.82, 2.24) is 9.21 Å². The molecule has 3 aromatic rings. The first kappa shape index (κ1) is 25.9. The molecular weight excluding hydrogens is 498 g/mol. The molecule has 0 radical (unpaired) electrons. The van der Waals surface area contributed by atoms with Crippen LogP contribution in [0.15, 0.2) is 76.5 Å². The number of hydrogen-bond donors (Lipinski definition) is 1. The number of nitrogens with one attached hydrogen (secondary N) is 1. The predicted molar refractivity (Wildman–Crippen MR) is 139 cm³/mol. The van der Waals surface area contributed by atoms with Crippen molar-refractivity contribution in [2.75, 3.05) is 30.9 Å². The Kier molecular flexibility index (Phi) is 7.21. The fourth-order valence-electron chi connectivity index (χ4n) is 3.96. The van der Waals surface area contributed by atoms with Gasteiger partial charge < -0.3 is 4.90 Å². The largest absolute Gasteiger partial charge is 0.336 e. The highest BCUT2D eigenvalue weighted by atomic mass is 32.2. The SMILES string of the molecule is Cc1ccc(S(=O)(=O)Nc2cc(C(=O)N3CCN(S(=O)(=O)c4ccc(C)cc4)CC3)ccc2C)cc1. The van der Waals surface area contributed by atoms with Gasteiger partial charge in [-0.25, -0.2) is 16.8 Å². The summed E-state index contributed by atoms with van der Waals surface area (Å²) in [6.45, 7) is 6.37. The molecule has 1 N–H and O–H groups in total. The lowest BCUT2D eigenvalue weighted by Crippen LogP contribution is -2.50. The minimum absolute atomic E-state index is 0.134. The zero-order valence-electron chi connectivity index (χ0n) is 20.4. The van der Waals surface area contributed by atoms with Crippen LogP contribution in [0.2, 0.25) is 0 Å². The molecule has 0 atom stereocenters. The van der Waals surface area contributed by atoms with Crippen LogP contribution in [0.1, 0.15) is 27.0 Å². The monoisotopic (exact) mass is 527 g/mol. The summed E-state index contributed by atoms with van der Waals surface area (Å²) in [7, 11) is -7.46. The van der Waals surface area contributed by atoms with E-state index >= 15 is 0 Å². The third-order valence-corrected chi connectivity index (χ3v) is 9.54. The van der Waals surface area contributed by atoms with Gasteiger partial charge in [0.25, 0.3) is 15.9 Å². The number of amides is 1. The van der Waals surface area contributed by atoms with Crippen LogP contribution in [0.25, 0.3) is 0 Å². The Labute approximate surface area is 212 Å². The van der Waals surface area contributed by atoms with E-state index in [9.17, 15) is 21.6 Å². The first-order valence-corrected chi connectivity index (χ1v) is 14.5. The van der Waals surface area contributed by atoms with Gasteiger partial charge in [0.1, 0.15) is 0 Å². The number of aryl methyl sites for hydroxylation is 3. The van der Waals surface area contributed by atoms with Crippen LogP contribution >= 0.6 is 0 Å². The Morgan fingerprint density at radius 3 is 1.81 bits per heavy atom. The van der Waals surface area contributed by atoms with Crippen LogP contribution < -0.4 is 4.72 Å². The second kappa shape index (κ2) is 10.0. The van der Waals surface area contributed by atoms with Crippen molar-refractivity contribution in [3.05, 3.63) is 89.0 Å². The van der Waals surface area contributed by atoms with Crippen LogP contribution in [0.4, 0.5) is 5.69 Å². The molecule has 0 spiro atoms. The third kappa shape index (κ3) is 5.45. The number of nitrogens with zero attached hydrogens (tertiary/aromatic N) is 2. The quantitative estimate of drug-likeness (QED) is 0.528. The van der Waals surface area contributed by atoms with Crippen LogP contribution in [0.5, 0.6) is 0 Å². The van der Waals surface area contributed by atoms with Crippen LogP contribution in [-0.2, 0) is 20.0 Å². The molecule has 36 heavy (non-hydrogen) atoms. The van der Waals surface area contributed by atoms with E-state index in [4.69, 9.17) is 0 Å².